The van der Waals surface area contributed by atoms with Crippen molar-refractivity contribution in [1.82, 2.24) is 0 Å². The third-order valence-corrected chi connectivity index (χ3v) is 2.30. The first-order valence-electron chi connectivity index (χ1n) is 3.87. The van der Waals surface area contributed by atoms with E-state index in [-0.39, 0.29) is 0 Å². The number of carbonyl (C=O) groups is 2. The number of carboxylic acids is 1. The summed E-state index contributed by atoms with van der Waals surface area (Å²) in [6, 6.07) is 0. The van der Waals surface area contributed by atoms with E-state index in [1.54, 1.807) is 12.2 Å². The standard InChI is InChI=1S/C9H11NO3/c1-9(8(10)13)5-3-2-4-6(9)7(11)12/h2-6H,1H3,(H2,10,13)(H,11,12). The summed E-state index contributed by atoms with van der Waals surface area (Å²) >= 11 is 0. The number of aliphatic carboxylic acids is 1. The first-order valence-corrected chi connectivity index (χ1v) is 3.87. The van der Waals surface area contributed by atoms with Crippen LogP contribution in [0.5, 0.6) is 0 Å². The molecule has 0 saturated heterocycles. The van der Waals surface area contributed by atoms with Gasteiger partial charge in [-0.25, -0.2) is 0 Å². The second-order valence-corrected chi connectivity index (χ2v) is 3.21. The molecule has 13 heavy (non-hydrogen) atoms. The van der Waals surface area contributed by atoms with Crippen LogP contribution in [0, 0.1) is 11.3 Å². The summed E-state index contributed by atoms with van der Waals surface area (Å²) in [6.45, 7) is 1.52. The largest absolute Gasteiger partial charge is 0.481 e. The van der Waals surface area contributed by atoms with Gasteiger partial charge in [0.25, 0.3) is 0 Å². The van der Waals surface area contributed by atoms with Crippen LogP contribution >= 0.6 is 0 Å². The zero-order valence-corrected chi connectivity index (χ0v) is 7.23. The van der Waals surface area contributed by atoms with Crippen molar-refractivity contribution in [3.63, 3.8) is 0 Å². The number of primary amides is 1. The lowest BCUT2D eigenvalue weighted by Gasteiger charge is -2.28. The van der Waals surface area contributed by atoms with Gasteiger partial charge in [-0.15, -0.1) is 0 Å². The molecule has 1 aliphatic carbocycles. The van der Waals surface area contributed by atoms with Crippen molar-refractivity contribution in [1.29, 1.82) is 0 Å². The van der Waals surface area contributed by atoms with Crippen molar-refractivity contribution in [2.45, 2.75) is 6.92 Å². The van der Waals surface area contributed by atoms with Crippen molar-refractivity contribution >= 4 is 11.9 Å². The van der Waals surface area contributed by atoms with E-state index in [1.807, 2.05) is 0 Å². The lowest BCUT2D eigenvalue weighted by Crippen LogP contribution is -2.42. The van der Waals surface area contributed by atoms with E-state index in [2.05, 4.69) is 0 Å². The Morgan fingerprint density at radius 1 is 1.46 bits per heavy atom. The molecule has 0 radical (unpaired) electrons. The molecule has 3 N–H and O–H groups in total. The van der Waals surface area contributed by atoms with Gasteiger partial charge in [0.1, 0.15) is 0 Å². The van der Waals surface area contributed by atoms with Crippen molar-refractivity contribution in [3.05, 3.63) is 24.3 Å². The van der Waals surface area contributed by atoms with E-state index in [0.29, 0.717) is 0 Å². The van der Waals surface area contributed by atoms with Gasteiger partial charge >= 0.3 is 5.97 Å². The van der Waals surface area contributed by atoms with Gasteiger partial charge in [-0.1, -0.05) is 24.3 Å². The molecule has 1 amide bonds. The van der Waals surface area contributed by atoms with E-state index >= 15 is 0 Å². The van der Waals surface area contributed by atoms with Crippen molar-refractivity contribution in [2.75, 3.05) is 0 Å². The molecule has 1 rings (SSSR count). The van der Waals surface area contributed by atoms with Gasteiger partial charge in [0.05, 0.1) is 11.3 Å². The van der Waals surface area contributed by atoms with Crippen LogP contribution in [0.15, 0.2) is 24.3 Å². The van der Waals surface area contributed by atoms with Crippen LogP contribution < -0.4 is 5.73 Å². The van der Waals surface area contributed by atoms with Crippen molar-refractivity contribution < 1.29 is 14.7 Å². The van der Waals surface area contributed by atoms with Crippen LogP contribution in [0.1, 0.15) is 6.92 Å². The molecular formula is C9H11NO3. The zero-order chi connectivity index (χ0) is 10.1. The van der Waals surface area contributed by atoms with E-state index in [4.69, 9.17) is 10.8 Å². The number of carboxylic acid groups (broad SMARTS) is 1. The summed E-state index contributed by atoms with van der Waals surface area (Å²) in [5, 5.41) is 8.83. The quantitative estimate of drug-likeness (QED) is 0.643. The van der Waals surface area contributed by atoms with Crippen LogP contribution in [-0.2, 0) is 9.59 Å². The first kappa shape index (κ1) is 9.51. The maximum Gasteiger partial charge on any atom is 0.311 e. The minimum Gasteiger partial charge on any atom is -0.481 e. The molecule has 0 saturated carbocycles. The number of carbonyl (C=O) groups excluding carboxylic acids is 1. The highest BCUT2D eigenvalue weighted by molar-refractivity contribution is 5.90. The SMILES string of the molecule is CC1(C(N)=O)C=CC=CC1C(=O)O. The minimum absolute atomic E-state index is 0.625. The van der Waals surface area contributed by atoms with E-state index in [1.165, 1.54) is 19.1 Å². The molecular weight excluding hydrogens is 170 g/mol. The fraction of sp³-hybridized carbons (Fsp3) is 0.333. The van der Waals surface area contributed by atoms with Crippen molar-refractivity contribution in [3.8, 4) is 0 Å². The molecule has 4 nitrogen and oxygen atoms in total. The van der Waals surface area contributed by atoms with Crippen molar-refractivity contribution in [2.24, 2.45) is 17.1 Å². The number of nitrogens with two attached hydrogens (primary N) is 1. The number of hydrogen-bond acceptors (Lipinski definition) is 2. The molecule has 0 aromatic heterocycles. The Labute approximate surface area is 75.7 Å². The van der Waals surface area contributed by atoms with Gasteiger partial charge in [-0.05, 0) is 6.92 Å². The molecule has 0 aromatic rings. The van der Waals surface area contributed by atoms with Crippen LogP contribution in [0.25, 0.3) is 0 Å². The lowest BCUT2D eigenvalue weighted by atomic mass is 9.74. The molecule has 0 heterocycles. The monoisotopic (exact) mass is 181 g/mol. The van der Waals surface area contributed by atoms with E-state index < -0.39 is 23.2 Å². The number of allylic oxidation sites excluding steroid dienone is 2. The predicted octanol–water partition coefficient (Wildman–Crippen LogP) is 0.305. The predicted molar refractivity (Wildman–Crippen MR) is 46.7 cm³/mol. The maximum atomic E-state index is 11.1. The minimum atomic E-state index is -1.11. The summed E-state index contributed by atoms with van der Waals surface area (Å²) in [6.07, 6.45) is 6.22. The van der Waals surface area contributed by atoms with Crippen LogP contribution in [0.3, 0.4) is 0 Å². The third-order valence-electron chi connectivity index (χ3n) is 2.30. The third kappa shape index (κ3) is 1.47. The molecule has 2 atom stereocenters. The highest BCUT2D eigenvalue weighted by Gasteiger charge is 2.41. The van der Waals surface area contributed by atoms with Crippen LogP contribution in [0.2, 0.25) is 0 Å². The van der Waals surface area contributed by atoms with E-state index in [0.717, 1.165) is 0 Å². The Hall–Kier alpha value is -1.58. The molecule has 0 aromatic carbocycles. The van der Waals surface area contributed by atoms with Gasteiger partial charge < -0.3 is 10.8 Å². The average molecular weight is 181 g/mol. The molecule has 0 spiro atoms. The van der Waals surface area contributed by atoms with Gasteiger partial charge in [0, 0.05) is 0 Å². The Morgan fingerprint density at radius 3 is 2.46 bits per heavy atom. The first-order chi connectivity index (χ1) is 5.98. The normalized spacial score (nSPS) is 31.6. The topological polar surface area (TPSA) is 80.4 Å². The van der Waals surface area contributed by atoms with Crippen LogP contribution in [-0.4, -0.2) is 17.0 Å². The summed E-state index contributed by atoms with van der Waals surface area (Å²) in [5.41, 5.74) is 4.03. The van der Waals surface area contributed by atoms with Gasteiger partial charge in [-0.3, -0.25) is 9.59 Å². The number of hydrogen-bond donors (Lipinski definition) is 2. The summed E-state index contributed by atoms with van der Waals surface area (Å²) in [5.74, 6) is -2.53. The molecule has 0 bridgehead atoms. The summed E-state index contributed by atoms with van der Waals surface area (Å²) in [4.78, 5) is 21.8. The second kappa shape index (κ2) is 3.05. The fourth-order valence-corrected chi connectivity index (χ4v) is 1.31. The molecule has 70 valence electrons. The lowest BCUT2D eigenvalue weighted by molar-refractivity contribution is -0.146. The molecule has 4 heteroatoms. The number of amides is 1. The summed E-state index contributed by atoms with van der Waals surface area (Å²) in [7, 11) is 0. The summed E-state index contributed by atoms with van der Waals surface area (Å²) < 4.78 is 0. The van der Waals surface area contributed by atoms with E-state index in [9.17, 15) is 9.59 Å². The maximum absolute atomic E-state index is 11.1. The molecule has 2 unspecified atom stereocenters. The molecule has 0 aliphatic heterocycles. The zero-order valence-electron chi connectivity index (χ0n) is 7.23. The van der Waals surface area contributed by atoms with Gasteiger partial charge in [0.15, 0.2) is 0 Å². The highest BCUT2D eigenvalue weighted by Crippen LogP contribution is 2.32. The van der Waals surface area contributed by atoms with Crippen LogP contribution in [0.4, 0.5) is 0 Å². The Kier molecular flexibility index (Phi) is 2.23. The second-order valence-electron chi connectivity index (χ2n) is 3.21. The average Bonchev–Trinajstić information content (AvgIpc) is 2.04. The molecule has 0 fully saturated rings. The molecule has 1 aliphatic rings. The Bertz CT molecular complexity index is 306. The smallest absolute Gasteiger partial charge is 0.311 e. The number of rotatable bonds is 2. The Balaban J connectivity index is 3.07. The van der Waals surface area contributed by atoms with Gasteiger partial charge in [-0.2, -0.15) is 0 Å². The fourth-order valence-electron chi connectivity index (χ4n) is 1.31. The van der Waals surface area contributed by atoms with Gasteiger partial charge in [0.2, 0.25) is 5.91 Å². The Morgan fingerprint density at radius 2 is 2.08 bits per heavy atom. The highest BCUT2D eigenvalue weighted by atomic mass is 16.4.